The fourth-order valence-corrected chi connectivity index (χ4v) is 9.44. The second kappa shape index (κ2) is 8.36. The van der Waals surface area contributed by atoms with Gasteiger partial charge in [-0.2, -0.15) is 0 Å². The quantitative estimate of drug-likeness (QED) is 0.290. The molecule has 0 heterocycles. The number of halogens is 2. The van der Waals surface area contributed by atoms with Crippen LogP contribution in [-0.2, 0) is 19.0 Å². The molecule has 2 aromatic rings. The standard InChI is InChI=1S/2C12H18O.2ClH.2O.W/c2*1-8(2)10-6-5-7-11(9(3)4)12(10)13;;;;;/h2*5-9,13H,1-4H3;2*1H;;;/q;;;;;;+4/p-4. The van der Waals surface area contributed by atoms with E-state index < -0.39 is 12.2 Å². The average molecular weight is 641 g/mol. The van der Waals surface area contributed by atoms with Gasteiger partial charge in [-0.3, -0.25) is 0 Å². The van der Waals surface area contributed by atoms with Gasteiger partial charge in [-0.05, 0) is 0 Å². The number of hydrogen-bond donors (Lipinski definition) is 0. The van der Waals surface area contributed by atoms with Crippen molar-refractivity contribution in [2.75, 3.05) is 0 Å². The van der Waals surface area contributed by atoms with Crippen LogP contribution in [0.4, 0.5) is 0 Å². The van der Waals surface area contributed by atoms with Crippen LogP contribution < -0.4 is 6.78 Å². The molecule has 0 amide bonds. The molecule has 0 bridgehead atoms. The fourth-order valence-electron chi connectivity index (χ4n) is 3.51. The molecule has 0 unspecified atom stereocenters. The normalized spacial score (nSPS) is 14.8. The predicted octanol–water partition coefficient (Wildman–Crippen LogP) is 8.69. The van der Waals surface area contributed by atoms with Crippen molar-refractivity contribution in [1.29, 1.82) is 0 Å². The van der Waals surface area contributed by atoms with E-state index in [1.54, 1.807) is 0 Å². The van der Waals surface area contributed by atoms with Crippen molar-refractivity contribution >= 4 is 18.8 Å². The Labute approximate surface area is 193 Å². The molecule has 0 aliphatic heterocycles. The Bertz CT molecular complexity index is 1000. The first-order valence-electron chi connectivity index (χ1n) is 10.6. The molecular weight excluding hydrogens is 607 g/mol. The molecule has 4 nitrogen and oxygen atoms in total. The van der Waals surface area contributed by atoms with Crippen molar-refractivity contribution in [2.24, 2.45) is 0 Å². The van der Waals surface area contributed by atoms with Gasteiger partial charge in [0, 0.05) is 0 Å². The summed E-state index contributed by atoms with van der Waals surface area (Å²) < 4.78 is 38.9. The van der Waals surface area contributed by atoms with Crippen molar-refractivity contribution < 1.29 is 25.7 Å². The summed E-state index contributed by atoms with van der Waals surface area (Å²) in [4.78, 5) is 0. The first kappa shape index (κ1) is 26.2. The minimum absolute atomic E-state index is 0.0102. The van der Waals surface area contributed by atoms with E-state index in [9.17, 15) is 6.80 Å². The van der Waals surface area contributed by atoms with Gasteiger partial charge in [0.25, 0.3) is 0 Å². The summed E-state index contributed by atoms with van der Waals surface area (Å²) in [5.41, 5.74) is 2.78. The Hall–Kier alpha value is -1.09. The van der Waals surface area contributed by atoms with Crippen molar-refractivity contribution in [3.8, 4) is 11.5 Å². The van der Waals surface area contributed by atoms with Gasteiger partial charge >= 0.3 is 194 Å². The first-order chi connectivity index (χ1) is 13.9. The van der Waals surface area contributed by atoms with Gasteiger partial charge in [0.1, 0.15) is 0 Å². The van der Waals surface area contributed by atoms with Crippen LogP contribution >= 0.6 is 18.8 Å². The van der Waals surface area contributed by atoms with E-state index in [0.29, 0.717) is 22.3 Å². The van der Waals surface area contributed by atoms with Crippen LogP contribution in [-0.4, -0.2) is 0 Å². The maximum atomic E-state index is 13.8. The van der Waals surface area contributed by atoms with Crippen LogP contribution in [0, 0.1) is 0 Å². The van der Waals surface area contributed by atoms with E-state index in [2.05, 4.69) is 0 Å². The van der Waals surface area contributed by atoms with Crippen LogP contribution in [0.3, 0.4) is 0 Å². The van der Waals surface area contributed by atoms with Crippen molar-refractivity contribution in [2.45, 2.75) is 79.1 Å². The van der Waals surface area contributed by atoms with Crippen LogP contribution in [0.15, 0.2) is 36.4 Å². The van der Waals surface area contributed by atoms with Gasteiger partial charge in [0.2, 0.25) is 0 Å². The summed E-state index contributed by atoms with van der Waals surface area (Å²) in [5, 5.41) is 0. The van der Waals surface area contributed by atoms with Gasteiger partial charge < -0.3 is 0 Å². The third-order valence-corrected chi connectivity index (χ3v) is 10.8. The number of benzene rings is 2. The predicted molar refractivity (Wildman–Crippen MR) is 124 cm³/mol. The Morgan fingerprint density at radius 1 is 0.581 bits per heavy atom. The van der Waals surface area contributed by atoms with Crippen LogP contribution in [0.25, 0.3) is 0 Å². The molecule has 2 rings (SSSR count). The summed E-state index contributed by atoms with van der Waals surface area (Å²) >= 11 is -8.19. The summed E-state index contributed by atoms with van der Waals surface area (Å²) in [6, 6.07) is 11.0. The zero-order valence-electron chi connectivity index (χ0n) is 19.6. The van der Waals surface area contributed by atoms with E-state index in [-0.39, 0.29) is 35.2 Å². The zero-order chi connectivity index (χ0) is 23.8. The van der Waals surface area contributed by atoms with E-state index in [0.717, 1.165) is 0 Å². The molecule has 0 aliphatic rings. The molecule has 0 aromatic heterocycles. The fraction of sp³-hybridized carbons (Fsp3) is 0.500. The van der Waals surface area contributed by atoms with Gasteiger partial charge in [-0.1, -0.05) is 0 Å². The van der Waals surface area contributed by atoms with Crippen LogP contribution in [0.2, 0.25) is 0 Å². The molecule has 174 valence electrons. The molecule has 0 radical (unpaired) electrons. The van der Waals surface area contributed by atoms with E-state index >= 15 is 0 Å². The molecule has 31 heavy (non-hydrogen) atoms. The van der Waals surface area contributed by atoms with Gasteiger partial charge in [-0.15, -0.1) is 0 Å². The zero-order valence-corrected chi connectivity index (χ0v) is 24.0. The second-order valence-corrected chi connectivity index (χ2v) is 29.5. The van der Waals surface area contributed by atoms with E-state index in [1.807, 2.05) is 91.8 Å². The monoisotopic (exact) mass is 640 g/mol. The Balaban J connectivity index is 2.75. The number of rotatable bonds is 8. The van der Waals surface area contributed by atoms with Crippen LogP contribution in [0.1, 0.15) is 101 Å². The molecular formula is C24H34Cl2O4W. The van der Waals surface area contributed by atoms with Gasteiger partial charge in [0.05, 0.1) is 0 Å². The number of hydrogen-bond acceptors (Lipinski definition) is 4. The summed E-state index contributed by atoms with van der Waals surface area (Å²) in [7, 11) is 12.5. The van der Waals surface area contributed by atoms with E-state index in [1.165, 1.54) is 0 Å². The van der Waals surface area contributed by atoms with Crippen LogP contribution in [0.5, 0.6) is 11.5 Å². The Morgan fingerprint density at radius 3 is 1.00 bits per heavy atom. The van der Waals surface area contributed by atoms with Crippen molar-refractivity contribution in [1.82, 2.24) is 0 Å². The molecule has 7 heteroatoms. The van der Waals surface area contributed by atoms with Crippen molar-refractivity contribution in [3.63, 3.8) is 0 Å². The second-order valence-electron chi connectivity index (χ2n) is 9.29. The summed E-state index contributed by atoms with van der Waals surface area (Å²) in [6.07, 6.45) is 0. The van der Waals surface area contributed by atoms with Gasteiger partial charge in [0.15, 0.2) is 0 Å². The summed E-state index contributed by atoms with van der Waals surface area (Å²) in [6.45, 7) is 15.6. The SMILES string of the molecule is CC(C)c1cccc(C(C)C)c1[O][W](=[O])(=[O])([Cl])([Cl])[O]c1c(C(C)C)cccc1C(C)C. The molecule has 2 aromatic carbocycles. The Morgan fingerprint density at radius 2 is 0.806 bits per heavy atom. The third-order valence-electron chi connectivity index (χ3n) is 5.14. The average Bonchev–Trinajstić information content (AvgIpc) is 2.59. The summed E-state index contributed by atoms with van der Waals surface area (Å²) in [5.74, 6) is 0.251. The first-order valence-corrected chi connectivity index (χ1v) is 22.7. The van der Waals surface area contributed by atoms with E-state index in [4.69, 9.17) is 25.6 Å². The minimum atomic E-state index is -8.19. The molecule has 0 spiro atoms. The molecule has 0 saturated heterocycles. The topological polar surface area (TPSA) is 52.6 Å². The molecule has 0 saturated carbocycles. The molecule has 0 aliphatic carbocycles. The molecule has 0 fully saturated rings. The van der Waals surface area contributed by atoms with Crippen molar-refractivity contribution in [3.05, 3.63) is 58.7 Å². The molecule has 0 N–H and O–H groups in total. The maximum absolute atomic E-state index is 13.8. The third kappa shape index (κ3) is 6.46. The number of para-hydroxylation sites is 2. The van der Waals surface area contributed by atoms with Gasteiger partial charge in [-0.25, -0.2) is 0 Å². The molecule has 0 atom stereocenters. The Kier molecular flexibility index (Phi) is 7.05.